The fourth-order valence-electron chi connectivity index (χ4n) is 2.27. The summed E-state index contributed by atoms with van der Waals surface area (Å²) in [5, 5.41) is 9.62. The van der Waals surface area contributed by atoms with E-state index in [0.29, 0.717) is 22.4 Å². The molecule has 0 N–H and O–H groups in total. The number of likely N-dealkylation sites (tertiary alicyclic amines) is 1. The van der Waals surface area contributed by atoms with Crippen LogP contribution in [0.2, 0.25) is 0 Å². The summed E-state index contributed by atoms with van der Waals surface area (Å²) in [4.78, 5) is 18.3. The molecule has 1 atom stereocenters. The Bertz CT molecular complexity index is 498. The third-order valence-corrected chi connectivity index (χ3v) is 4.34. The molecular formula is C14H17N3OS. The Morgan fingerprint density at radius 1 is 1.63 bits per heavy atom. The quantitative estimate of drug-likeness (QED) is 0.795. The van der Waals surface area contributed by atoms with Crippen molar-refractivity contribution in [2.75, 3.05) is 12.3 Å². The fourth-order valence-corrected chi connectivity index (χ4v) is 3.10. The zero-order chi connectivity index (χ0) is 13.7. The summed E-state index contributed by atoms with van der Waals surface area (Å²) in [5.74, 6) is 0.502. The van der Waals surface area contributed by atoms with Gasteiger partial charge in [-0.1, -0.05) is 11.8 Å². The number of pyridine rings is 1. The molecular weight excluding hydrogens is 258 g/mol. The van der Waals surface area contributed by atoms with E-state index in [4.69, 9.17) is 5.26 Å². The van der Waals surface area contributed by atoms with Gasteiger partial charge in [0.2, 0.25) is 5.91 Å². The number of aromatic nitrogens is 1. The minimum absolute atomic E-state index is 0.145. The van der Waals surface area contributed by atoms with E-state index in [9.17, 15) is 4.79 Å². The summed E-state index contributed by atoms with van der Waals surface area (Å²) in [6.45, 7) is 2.96. The minimum atomic E-state index is 0.145. The van der Waals surface area contributed by atoms with Crippen molar-refractivity contribution in [3.63, 3.8) is 0 Å². The van der Waals surface area contributed by atoms with Crippen molar-refractivity contribution < 1.29 is 4.79 Å². The van der Waals surface area contributed by atoms with Crippen LogP contribution in [0.5, 0.6) is 0 Å². The fraction of sp³-hybridized carbons (Fsp3) is 0.500. The lowest BCUT2D eigenvalue weighted by atomic mass is 10.0. The van der Waals surface area contributed by atoms with Crippen molar-refractivity contribution in [3.05, 3.63) is 23.9 Å². The summed E-state index contributed by atoms with van der Waals surface area (Å²) in [6.07, 6.45) is 5.03. The first-order chi connectivity index (χ1) is 9.22. The Labute approximate surface area is 117 Å². The minimum Gasteiger partial charge on any atom is -0.339 e. The number of carbonyl (C=O) groups excluding carboxylic acids is 1. The van der Waals surface area contributed by atoms with Crippen LogP contribution in [0, 0.1) is 11.3 Å². The molecule has 0 spiro atoms. The van der Waals surface area contributed by atoms with E-state index >= 15 is 0 Å². The summed E-state index contributed by atoms with van der Waals surface area (Å²) >= 11 is 1.35. The van der Waals surface area contributed by atoms with Gasteiger partial charge in [0.15, 0.2) is 0 Å². The molecule has 1 fully saturated rings. The number of hydrogen-bond donors (Lipinski definition) is 0. The molecule has 0 unspecified atom stereocenters. The molecule has 1 aliphatic heterocycles. The normalized spacial score (nSPS) is 18.9. The van der Waals surface area contributed by atoms with Gasteiger partial charge >= 0.3 is 0 Å². The Hall–Kier alpha value is -1.54. The summed E-state index contributed by atoms with van der Waals surface area (Å²) in [5.41, 5.74) is 0.534. The Balaban J connectivity index is 1.95. The van der Waals surface area contributed by atoms with Crippen LogP contribution < -0.4 is 0 Å². The lowest BCUT2D eigenvalue weighted by Crippen LogP contribution is -2.42. The van der Waals surface area contributed by atoms with Gasteiger partial charge in [-0.2, -0.15) is 5.26 Å². The average molecular weight is 275 g/mol. The summed E-state index contributed by atoms with van der Waals surface area (Å²) in [6, 6.07) is 5.89. The Morgan fingerprint density at radius 3 is 3.21 bits per heavy atom. The van der Waals surface area contributed by atoms with Crippen molar-refractivity contribution in [2.24, 2.45) is 0 Å². The van der Waals surface area contributed by atoms with Gasteiger partial charge in [0, 0.05) is 18.8 Å². The van der Waals surface area contributed by atoms with Crippen LogP contribution in [0.15, 0.2) is 23.4 Å². The van der Waals surface area contributed by atoms with E-state index in [2.05, 4.69) is 18.0 Å². The van der Waals surface area contributed by atoms with Gasteiger partial charge in [-0.25, -0.2) is 4.98 Å². The van der Waals surface area contributed by atoms with E-state index in [1.54, 1.807) is 18.3 Å². The van der Waals surface area contributed by atoms with E-state index in [1.807, 2.05) is 4.90 Å². The molecule has 1 aromatic rings. The second kappa shape index (κ2) is 6.58. The van der Waals surface area contributed by atoms with Gasteiger partial charge in [-0.15, -0.1) is 0 Å². The van der Waals surface area contributed by atoms with Crippen molar-refractivity contribution in [2.45, 2.75) is 37.3 Å². The van der Waals surface area contributed by atoms with Crippen molar-refractivity contribution in [1.82, 2.24) is 9.88 Å². The van der Waals surface area contributed by atoms with Crippen LogP contribution in [0.3, 0.4) is 0 Å². The van der Waals surface area contributed by atoms with Crippen LogP contribution in [0.4, 0.5) is 0 Å². The number of thioether (sulfide) groups is 1. The number of carbonyl (C=O) groups is 1. The highest BCUT2D eigenvalue weighted by atomic mass is 32.2. The molecule has 19 heavy (non-hydrogen) atoms. The van der Waals surface area contributed by atoms with Crippen LogP contribution in [0.1, 0.15) is 31.7 Å². The summed E-state index contributed by atoms with van der Waals surface area (Å²) < 4.78 is 0. The molecule has 1 aromatic heterocycles. The molecule has 0 radical (unpaired) electrons. The first kappa shape index (κ1) is 13.9. The van der Waals surface area contributed by atoms with Gasteiger partial charge in [0.1, 0.15) is 11.1 Å². The largest absolute Gasteiger partial charge is 0.339 e. The van der Waals surface area contributed by atoms with Crippen LogP contribution in [-0.4, -0.2) is 34.1 Å². The van der Waals surface area contributed by atoms with Crippen molar-refractivity contribution in [1.29, 1.82) is 5.26 Å². The Morgan fingerprint density at radius 2 is 2.47 bits per heavy atom. The van der Waals surface area contributed by atoms with Gasteiger partial charge in [-0.05, 0) is 38.3 Å². The predicted octanol–water partition coefficient (Wildman–Crippen LogP) is 2.45. The number of hydrogen-bond acceptors (Lipinski definition) is 4. The monoisotopic (exact) mass is 275 g/mol. The molecule has 0 bridgehead atoms. The molecule has 2 rings (SSSR count). The van der Waals surface area contributed by atoms with E-state index in [0.717, 1.165) is 19.4 Å². The molecule has 0 saturated carbocycles. The highest BCUT2D eigenvalue weighted by molar-refractivity contribution is 7.99. The second-order valence-corrected chi connectivity index (χ2v) is 5.65. The lowest BCUT2D eigenvalue weighted by Gasteiger charge is -2.33. The number of piperidine rings is 1. The number of amides is 1. The molecule has 1 amide bonds. The van der Waals surface area contributed by atoms with Crippen molar-refractivity contribution in [3.8, 4) is 6.07 Å². The first-order valence-corrected chi connectivity index (χ1v) is 7.48. The number of rotatable bonds is 3. The second-order valence-electron chi connectivity index (χ2n) is 4.69. The van der Waals surface area contributed by atoms with Gasteiger partial charge in [0.05, 0.1) is 11.3 Å². The third-order valence-electron chi connectivity index (χ3n) is 3.35. The average Bonchev–Trinajstić information content (AvgIpc) is 2.45. The third kappa shape index (κ3) is 3.48. The zero-order valence-corrected chi connectivity index (χ0v) is 11.8. The van der Waals surface area contributed by atoms with Crippen molar-refractivity contribution >= 4 is 17.7 Å². The highest BCUT2D eigenvalue weighted by Gasteiger charge is 2.23. The molecule has 100 valence electrons. The molecule has 1 saturated heterocycles. The SMILES string of the molecule is C[C@H]1CCCCN1C(=O)CSc1ncccc1C#N. The molecule has 5 heteroatoms. The number of nitriles is 1. The van der Waals surface area contributed by atoms with Crippen LogP contribution in [0.25, 0.3) is 0 Å². The molecule has 0 aromatic carbocycles. The lowest BCUT2D eigenvalue weighted by molar-refractivity contribution is -0.131. The van der Waals surface area contributed by atoms with Gasteiger partial charge in [-0.3, -0.25) is 4.79 Å². The van der Waals surface area contributed by atoms with Gasteiger partial charge in [0.25, 0.3) is 0 Å². The maximum absolute atomic E-state index is 12.2. The van der Waals surface area contributed by atoms with E-state index < -0.39 is 0 Å². The highest BCUT2D eigenvalue weighted by Crippen LogP contribution is 2.22. The van der Waals surface area contributed by atoms with E-state index in [-0.39, 0.29) is 5.91 Å². The molecule has 4 nitrogen and oxygen atoms in total. The van der Waals surface area contributed by atoms with Gasteiger partial charge < -0.3 is 4.90 Å². The topological polar surface area (TPSA) is 57.0 Å². The molecule has 2 heterocycles. The van der Waals surface area contributed by atoms with E-state index in [1.165, 1.54) is 18.2 Å². The smallest absolute Gasteiger partial charge is 0.233 e. The summed E-state index contributed by atoms with van der Waals surface area (Å²) in [7, 11) is 0. The number of nitrogens with zero attached hydrogens (tertiary/aromatic N) is 3. The van der Waals surface area contributed by atoms with Crippen LogP contribution in [-0.2, 0) is 4.79 Å². The first-order valence-electron chi connectivity index (χ1n) is 6.49. The molecule has 1 aliphatic rings. The zero-order valence-electron chi connectivity index (χ0n) is 11.0. The Kier molecular flexibility index (Phi) is 4.80. The van der Waals surface area contributed by atoms with Crippen LogP contribution >= 0.6 is 11.8 Å². The molecule has 0 aliphatic carbocycles. The predicted molar refractivity (Wildman–Crippen MR) is 74.7 cm³/mol. The standard InChI is InChI=1S/C14H17N3OS/c1-11-5-2-3-8-17(11)13(18)10-19-14-12(9-15)6-4-7-16-14/h4,6-7,11H,2-3,5,8,10H2,1H3/t11-/m0/s1. The maximum atomic E-state index is 12.2. The maximum Gasteiger partial charge on any atom is 0.233 e.